The van der Waals surface area contributed by atoms with Crippen molar-refractivity contribution in [3.05, 3.63) is 36.0 Å². The van der Waals surface area contributed by atoms with Gasteiger partial charge >= 0.3 is 6.03 Å². The van der Waals surface area contributed by atoms with Gasteiger partial charge in [0, 0.05) is 23.0 Å². The largest absolute Gasteiger partial charge is 0.361 e. The van der Waals surface area contributed by atoms with E-state index < -0.39 is 0 Å². The molecule has 0 radical (unpaired) electrons. The molecule has 3 rings (SSSR count). The van der Waals surface area contributed by atoms with Crippen LogP contribution < -0.4 is 16.0 Å². The fourth-order valence-electron chi connectivity index (χ4n) is 1.84. The molecule has 4 nitrogen and oxygen atoms in total. The average Bonchev–Trinajstić information content (AvgIpc) is 2.54. The summed E-state index contributed by atoms with van der Waals surface area (Å²) in [6.45, 7) is 0. The van der Waals surface area contributed by atoms with Gasteiger partial charge in [0.25, 0.3) is 0 Å². The van der Waals surface area contributed by atoms with E-state index in [0.717, 1.165) is 16.8 Å². The Hall–Kier alpha value is -1.97. The van der Waals surface area contributed by atoms with E-state index in [1.54, 1.807) is 6.20 Å². The van der Waals surface area contributed by atoms with Crippen LogP contribution in [0.5, 0.6) is 0 Å². The monoisotopic (exact) mass is 187 g/mol. The molecule has 2 heterocycles. The van der Waals surface area contributed by atoms with Crippen LogP contribution in [0.1, 0.15) is 5.56 Å². The predicted octanol–water partition coefficient (Wildman–Crippen LogP) is 1.09. The summed E-state index contributed by atoms with van der Waals surface area (Å²) in [6, 6.07) is 7.83. The van der Waals surface area contributed by atoms with Crippen molar-refractivity contribution in [3.8, 4) is 0 Å². The van der Waals surface area contributed by atoms with Crippen LogP contribution in [0.3, 0.4) is 0 Å². The maximum atomic E-state index is 11.0. The van der Waals surface area contributed by atoms with Crippen molar-refractivity contribution >= 4 is 17.3 Å². The van der Waals surface area contributed by atoms with Gasteiger partial charge in [-0.05, 0) is 6.07 Å². The van der Waals surface area contributed by atoms with Gasteiger partial charge in [-0.2, -0.15) is 0 Å². The number of anilines is 1. The number of urea groups is 1. The standard InChI is InChI=1S/C10H9N3O/c14-10-11-5-7-6-3-1-2-4-8(6)12-9(7)13-10/h1-5,9,12H,(H2,11,13,14). The minimum absolute atomic E-state index is 0.0823. The minimum atomic E-state index is -0.168. The van der Waals surface area contributed by atoms with Gasteiger partial charge in [-0.15, -0.1) is 0 Å². The molecule has 3 N–H and O–H groups in total. The van der Waals surface area contributed by atoms with Gasteiger partial charge in [-0.25, -0.2) is 4.79 Å². The van der Waals surface area contributed by atoms with E-state index in [9.17, 15) is 4.79 Å². The second kappa shape index (κ2) is 2.51. The molecule has 70 valence electrons. The summed E-state index contributed by atoms with van der Waals surface area (Å²) < 4.78 is 0. The zero-order valence-corrected chi connectivity index (χ0v) is 7.37. The molecule has 0 saturated carbocycles. The van der Waals surface area contributed by atoms with Crippen LogP contribution >= 0.6 is 0 Å². The van der Waals surface area contributed by atoms with E-state index in [4.69, 9.17) is 0 Å². The fraction of sp³-hybridized carbons (Fsp3) is 0.100. The highest BCUT2D eigenvalue weighted by Crippen LogP contribution is 2.34. The number of benzene rings is 1. The third-order valence-electron chi connectivity index (χ3n) is 2.48. The Morgan fingerprint density at radius 2 is 2.00 bits per heavy atom. The Kier molecular flexibility index (Phi) is 1.33. The van der Waals surface area contributed by atoms with Crippen LogP contribution in [0.4, 0.5) is 10.5 Å². The van der Waals surface area contributed by atoms with Crippen molar-refractivity contribution in [1.82, 2.24) is 10.6 Å². The molecule has 2 aliphatic heterocycles. The molecule has 4 heteroatoms. The highest BCUT2D eigenvalue weighted by Gasteiger charge is 2.29. The molecule has 2 aliphatic rings. The first-order valence-electron chi connectivity index (χ1n) is 4.47. The van der Waals surface area contributed by atoms with Crippen molar-refractivity contribution in [3.63, 3.8) is 0 Å². The van der Waals surface area contributed by atoms with Crippen LogP contribution in [-0.4, -0.2) is 12.2 Å². The lowest BCUT2D eigenvalue weighted by Crippen LogP contribution is -2.46. The van der Waals surface area contributed by atoms with Crippen molar-refractivity contribution in [2.45, 2.75) is 6.17 Å². The van der Waals surface area contributed by atoms with Crippen LogP contribution in [0.2, 0.25) is 0 Å². The van der Waals surface area contributed by atoms with Gasteiger partial charge in [0.05, 0.1) is 0 Å². The normalized spacial score (nSPS) is 22.4. The molecule has 1 aromatic rings. The van der Waals surface area contributed by atoms with E-state index in [2.05, 4.69) is 16.0 Å². The molecule has 1 atom stereocenters. The number of hydrogen-bond donors (Lipinski definition) is 3. The lowest BCUT2D eigenvalue weighted by atomic mass is 10.1. The van der Waals surface area contributed by atoms with Crippen molar-refractivity contribution in [2.75, 3.05) is 5.32 Å². The summed E-state index contributed by atoms with van der Waals surface area (Å²) in [5.41, 5.74) is 3.29. The van der Waals surface area contributed by atoms with Crippen molar-refractivity contribution in [2.24, 2.45) is 0 Å². The predicted molar refractivity (Wildman–Crippen MR) is 53.5 cm³/mol. The van der Waals surface area contributed by atoms with E-state index in [0.29, 0.717) is 0 Å². The number of hydrogen-bond acceptors (Lipinski definition) is 2. The Bertz CT molecular complexity index is 439. The Morgan fingerprint density at radius 3 is 2.93 bits per heavy atom. The number of rotatable bonds is 0. The second-order valence-corrected chi connectivity index (χ2v) is 3.34. The molecule has 0 bridgehead atoms. The Labute approximate surface area is 81.0 Å². The van der Waals surface area contributed by atoms with Crippen molar-refractivity contribution < 1.29 is 4.79 Å². The zero-order valence-electron chi connectivity index (χ0n) is 7.37. The summed E-state index contributed by atoms with van der Waals surface area (Å²) in [6.07, 6.45) is 1.67. The summed E-state index contributed by atoms with van der Waals surface area (Å²) in [5, 5.41) is 8.66. The molecular formula is C10H9N3O. The summed E-state index contributed by atoms with van der Waals surface area (Å²) in [5.74, 6) is 0. The minimum Gasteiger partial charge on any atom is -0.361 e. The first-order valence-corrected chi connectivity index (χ1v) is 4.47. The number of fused-ring (bicyclic) bond motifs is 3. The molecule has 14 heavy (non-hydrogen) atoms. The molecule has 0 fully saturated rings. The number of carbonyl (C=O) groups is 1. The third-order valence-corrected chi connectivity index (χ3v) is 2.48. The van der Waals surface area contributed by atoms with E-state index in [1.807, 2.05) is 24.3 Å². The molecule has 1 unspecified atom stereocenters. The SMILES string of the molecule is O=C1NC=C2c3ccccc3NC2N1. The van der Waals surface area contributed by atoms with Crippen molar-refractivity contribution in [1.29, 1.82) is 0 Å². The highest BCUT2D eigenvalue weighted by atomic mass is 16.2. The number of para-hydroxylation sites is 1. The smallest absolute Gasteiger partial charge is 0.320 e. The quantitative estimate of drug-likeness (QED) is 0.569. The number of nitrogens with one attached hydrogen (secondary N) is 3. The lowest BCUT2D eigenvalue weighted by Gasteiger charge is -2.19. The highest BCUT2D eigenvalue weighted by molar-refractivity contribution is 5.93. The molecule has 0 saturated heterocycles. The lowest BCUT2D eigenvalue weighted by molar-refractivity contribution is 0.242. The van der Waals surface area contributed by atoms with E-state index >= 15 is 0 Å². The third kappa shape index (κ3) is 0.907. The fourth-order valence-corrected chi connectivity index (χ4v) is 1.84. The Balaban J connectivity index is 2.10. The first-order chi connectivity index (χ1) is 6.84. The van der Waals surface area contributed by atoms with Crippen LogP contribution in [0.25, 0.3) is 5.57 Å². The molecule has 2 amide bonds. The number of amides is 2. The second-order valence-electron chi connectivity index (χ2n) is 3.34. The number of carbonyl (C=O) groups excluding carboxylic acids is 1. The topological polar surface area (TPSA) is 53.2 Å². The van der Waals surface area contributed by atoms with Gasteiger partial charge in [0.15, 0.2) is 0 Å². The van der Waals surface area contributed by atoms with Gasteiger partial charge in [0.2, 0.25) is 0 Å². The molecular weight excluding hydrogens is 178 g/mol. The van der Waals surface area contributed by atoms with Gasteiger partial charge in [0.1, 0.15) is 6.17 Å². The molecule has 1 aromatic carbocycles. The maximum absolute atomic E-state index is 11.0. The zero-order chi connectivity index (χ0) is 9.54. The average molecular weight is 187 g/mol. The molecule has 0 spiro atoms. The summed E-state index contributed by atoms with van der Waals surface area (Å²) in [7, 11) is 0. The first kappa shape index (κ1) is 7.44. The van der Waals surface area contributed by atoms with Gasteiger partial charge < -0.3 is 16.0 Å². The van der Waals surface area contributed by atoms with E-state index in [1.165, 1.54) is 0 Å². The van der Waals surface area contributed by atoms with Crippen LogP contribution in [0.15, 0.2) is 30.5 Å². The van der Waals surface area contributed by atoms with Gasteiger partial charge in [-0.1, -0.05) is 18.2 Å². The molecule has 0 aliphatic carbocycles. The van der Waals surface area contributed by atoms with Gasteiger partial charge in [-0.3, -0.25) is 0 Å². The maximum Gasteiger partial charge on any atom is 0.320 e. The van der Waals surface area contributed by atoms with Crippen LogP contribution in [-0.2, 0) is 0 Å². The van der Waals surface area contributed by atoms with E-state index in [-0.39, 0.29) is 12.2 Å². The van der Waals surface area contributed by atoms with Crippen LogP contribution in [0, 0.1) is 0 Å². The summed E-state index contributed by atoms with van der Waals surface area (Å²) >= 11 is 0. The Morgan fingerprint density at radius 1 is 1.14 bits per heavy atom. The summed E-state index contributed by atoms with van der Waals surface area (Å²) in [4.78, 5) is 11.0. The molecule has 0 aromatic heterocycles.